The number of hydrogen-bond acceptors (Lipinski definition) is 5. The smallest absolute Gasteiger partial charge is 0.285 e. The van der Waals surface area contributed by atoms with E-state index in [1.54, 1.807) is 0 Å². The number of benzene rings is 2. The highest BCUT2D eigenvalue weighted by Crippen LogP contribution is 2.23. The molecule has 1 aromatic heterocycles. The third-order valence-corrected chi connectivity index (χ3v) is 5.87. The van der Waals surface area contributed by atoms with Crippen molar-refractivity contribution in [3.8, 4) is 12.3 Å². The second-order valence-corrected chi connectivity index (χ2v) is 7.72. The van der Waals surface area contributed by atoms with Crippen LogP contribution in [-0.2, 0) is 16.6 Å². The Morgan fingerprint density at radius 3 is 2.58 bits per heavy atom. The minimum Gasteiger partial charge on any atom is -0.304 e. The molecule has 0 saturated heterocycles. The summed E-state index contributed by atoms with van der Waals surface area (Å²) in [4.78, 5) is 10.3. The molecule has 0 spiro atoms. The molecule has 2 aromatic carbocycles. The summed E-state index contributed by atoms with van der Waals surface area (Å²) < 4.78 is 43.7. The summed E-state index contributed by atoms with van der Waals surface area (Å²) >= 11 is 0.963. The first-order valence-corrected chi connectivity index (χ1v) is 9.35. The highest BCUT2D eigenvalue weighted by molar-refractivity contribution is 7.90. The van der Waals surface area contributed by atoms with E-state index in [4.69, 9.17) is 6.42 Å². The van der Waals surface area contributed by atoms with Crippen LogP contribution >= 0.6 is 11.3 Å². The van der Waals surface area contributed by atoms with E-state index in [9.17, 15) is 22.9 Å². The second-order valence-electron chi connectivity index (χ2n) is 5.10. The minimum atomic E-state index is -4.10. The molecule has 10 heteroatoms. The zero-order chi connectivity index (χ0) is 18.9. The van der Waals surface area contributed by atoms with Gasteiger partial charge in [0.2, 0.25) is 4.80 Å². The van der Waals surface area contributed by atoms with E-state index in [0.29, 0.717) is 10.2 Å². The lowest BCUT2D eigenvalue weighted by Crippen LogP contribution is -2.16. The van der Waals surface area contributed by atoms with Crippen LogP contribution in [0.2, 0.25) is 0 Å². The summed E-state index contributed by atoms with van der Waals surface area (Å²) in [5, 5.41) is 10.9. The number of nitrogens with zero attached hydrogens (tertiary/aromatic N) is 3. The molecular weight excluding hydrogens is 381 g/mol. The second kappa shape index (κ2) is 6.70. The topological polar surface area (TPSA) is 94.6 Å². The Kier molecular flexibility index (Phi) is 4.58. The molecule has 0 aliphatic heterocycles. The molecule has 26 heavy (non-hydrogen) atoms. The maximum atomic E-state index is 13.0. The van der Waals surface area contributed by atoms with Crippen LogP contribution in [0.15, 0.2) is 51.8 Å². The molecule has 1 heterocycles. The fourth-order valence-electron chi connectivity index (χ4n) is 2.25. The number of aromatic nitrogens is 1. The van der Waals surface area contributed by atoms with Gasteiger partial charge in [-0.15, -0.1) is 10.8 Å². The van der Waals surface area contributed by atoms with Gasteiger partial charge >= 0.3 is 0 Å². The summed E-state index contributed by atoms with van der Waals surface area (Å²) in [7, 11) is -4.10. The monoisotopic (exact) mass is 391 g/mol. The lowest BCUT2D eigenvalue weighted by molar-refractivity contribution is -0.384. The summed E-state index contributed by atoms with van der Waals surface area (Å²) in [5.74, 6) is 1.84. The first-order chi connectivity index (χ1) is 12.3. The van der Waals surface area contributed by atoms with Crippen molar-refractivity contribution in [1.82, 2.24) is 4.57 Å². The average Bonchev–Trinajstić information content (AvgIpc) is 2.91. The van der Waals surface area contributed by atoms with Crippen LogP contribution in [0.5, 0.6) is 0 Å². The first kappa shape index (κ1) is 17.8. The van der Waals surface area contributed by atoms with Gasteiger partial charge in [-0.2, -0.15) is 8.42 Å². The number of nitro groups is 1. The molecule has 0 radical (unpaired) electrons. The largest absolute Gasteiger partial charge is 0.304 e. The summed E-state index contributed by atoms with van der Waals surface area (Å²) in [6.45, 7) is 0.0373. The molecule has 132 valence electrons. The molecule has 0 bridgehead atoms. The van der Waals surface area contributed by atoms with Gasteiger partial charge in [-0.05, 0) is 30.3 Å². The number of hydrogen-bond donors (Lipinski definition) is 0. The number of rotatable bonds is 4. The van der Waals surface area contributed by atoms with Crippen LogP contribution in [0.3, 0.4) is 0 Å². The van der Waals surface area contributed by atoms with Gasteiger partial charge in [0, 0.05) is 12.1 Å². The molecule has 0 unspecified atom stereocenters. The normalized spacial score (nSPS) is 12.2. The molecule has 0 fully saturated rings. The zero-order valence-corrected chi connectivity index (χ0v) is 14.6. The number of sulfonamides is 1. The highest BCUT2D eigenvalue weighted by atomic mass is 32.2. The fourth-order valence-corrected chi connectivity index (χ4v) is 4.52. The van der Waals surface area contributed by atoms with Crippen molar-refractivity contribution in [1.29, 1.82) is 0 Å². The Bertz CT molecular complexity index is 1220. The van der Waals surface area contributed by atoms with E-state index in [1.165, 1.54) is 22.8 Å². The predicted octanol–water partition coefficient (Wildman–Crippen LogP) is 2.67. The Morgan fingerprint density at radius 1 is 1.27 bits per heavy atom. The van der Waals surface area contributed by atoms with Gasteiger partial charge in [-0.3, -0.25) is 10.1 Å². The van der Waals surface area contributed by atoms with Crippen LogP contribution in [-0.4, -0.2) is 17.9 Å². The van der Waals surface area contributed by atoms with E-state index in [-0.39, 0.29) is 21.9 Å². The Balaban J connectivity index is 2.24. The van der Waals surface area contributed by atoms with Gasteiger partial charge in [0.05, 0.1) is 26.6 Å². The van der Waals surface area contributed by atoms with Gasteiger partial charge in [0.1, 0.15) is 5.82 Å². The van der Waals surface area contributed by atoms with Crippen LogP contribution in [0.4, 0.5) is 10.1 Å². The molecule has 0 saturated carbocycles. The number of nitro benzene ring substituents is 1. The molecule has 3 aromatic rings. The zero-order valence-electron chi connectivity index (χ0n) is 13.0. The quantitative estimate of drug-likeness (QED) is 0.388. The Hall–Kier alpha value is -3.03. The van der Waals surface area contributed by atoms with Gasteiger partial charge in [0.15, 0.2) is 0 Å². The number of halogens is 1. The summed E-state index contributed by atoms with van der Waals surface area (Å²) in [6.07, 6.45) is 5.34. The number of non-ortho nitro benzene ring substituents is 1. The number of fused-ring (bicyclic) bond motifs is 1. The van der Waals surface area contributed by atoms with E-state index in [0.717, 1.165) is 35.6 Å². The van der Waals surface area contributed by atoms with Crippen LogP contribution < -0.4 is 4.80 Å². The summed E-state index contributed by atoms with van der Waals surface area (Å²) in [6, 6.07) is 8.38. The van der Waals surface area contributed by atoms with Crippen LogP contribution in [0, 0.1) is 28.3 Å². The Labute approximate surface area is 151 Å². The lowest BCUT2D eigenvalue weighted by Gasteiger charge is -2.01. The van der Waals surface area contributed by atoms with E-state index < -0.39 is 20.8 Å². The lowest BCUT2D eigenvalue weighted by atomic mass is 10.3. The molecule has 0 aliphatic rings. The van der Waals surface area contributed by atoms with Gasteiger partial charge in [-0.25, -0.2) is 4.39 Å². The van der Waals surface area contributed by atoms with Gasteiger partial charge in [0.25, 0.3) is 15.7 Å². The molecule has 0 N–H and O–H groups in total. The molecule has 0 aliphatic carbocycles. The summed E-state index contributed by atoms with van der Waals surface area (Å²) in [5.41, 5.74) is 0.408. The standard InChI is InChI=1S/C16H10FN3O4S2/c1-2-9-19-14-8-5-12(20(21)22)10-15(14)25-16(19)18-26(23,24)13-6-3-11(17)4-7-13/h1,3-8,10H,9H2. The maximum Gasteiger partial charge on any atom is 0.285 e. The predicted molar refractivity (Wildman–Crippen MR) is 94.5 cm³/mol. The molecule has 3 rings (SSSR count). The van der Waals surface area contributed by atoms with Gasteiger partial charge < -0.3 is 4.57 Å². The van der Waals surface area contributed by atoms with Crippen molar-refractivity contribution in [2.75, 3.05) is 0 Å². The number of terminal acetylenes is 1. The molecule has 0 atom stereocenters. The van der Waals surface area contributed by atoms with Crippen LogP contribution in [0.1, 0.15) is 0 Å². The van der Waals surface area contributed by atoms with Crippen molar-refractivity contribution < 1.29 is 17.7 Å². The third kappa shape index (κ3) is 3.35. The third-order valence-electron chi connectivity index (χ3n) is 3.44. The Morgan fingerprint density at radius 2 is 1.96 bits per heavy atom. The van der Waals surface area contributed by atoms with Crippen molar-refractivity contribution in [3.05, 3.63) is 63.2 Å². The highest BCUT2D eigenvalue weighted by Gasteiger charge is 2.16. The molecule has 7 nitrogen and oxygen atoms in total. The van der Waals surface area contributed by atoms with E-state index in [1.807, 2.05) is 0 Å². The van der Waals surface area contributed by atoms with E-state index >= 15 is 0 Å². The van der Waals surface area contributed by atoms with Crippen LogP contribution in [0.25, 0.3) is 10.2 Å². The maximum absolute atomic E-state index is 13.0. The molecule has 0 amide bonds. The van der Waals surface area contributed by atoms with Crippen molar-refractivity contribution in [3.63, 3.8) is 0 Å². The first-order valence-electron chi connectivity index (χ1n) is 7.09. The molecular formula is C16H10FN3O4S2. The van der Waals surface area contributed by atoms with E-state index in [2.05, 4.69) is 10.3 Å². The SMILES string of the molecule is C#CCn1c(=NS(=O)(=O)c2ccc(F)cc2)sc2cc([N+](=O)[O-])ccc21. The minimum absolute atomic E-state index is 0.0373. The van der Waals surface area contributed by atoms with Crippen molar-refractivity contribution in [2.24, 2.45) is 4.40 Å². The van der Waals surface area contributed by atoms with Crippen molar-refractivity contribution >= 4 is 37.3 Å². The fraction of sp³-hybridized carbons (Fsp3) is 0.0625. The number of thiazole rings is 1. The average molecular weight is 391 g/mol. The van der Waals surface area contributed by atoms with Crippen molar-refractivity contribution in [2.45, 2.75) is 11.4 Å². The van der Waals surface area contributed by atoms with Gasteiger partial charge in [-0.1, -0.05) is 17.3 Å².